The summed E-state index contributed by atoms with van der Waals surface area (Å²) in [6, 6.07) is 7.51. The van der Waals surface area contributed by atoms with Crippen molar-refractivity contribution in [3.05, 3.63) is 51.8 Å². The van der Waals surface area contributed by atoms with Gasteiger partial charge in [0.05, 0.1) is 34.8 Å². The van der Waals surface area contributed by atoms with Gasteiger partial charge < -0.3 is 9.15 Å². The predicted molar refractivity (Wildman–Crippen MR) is 103 cm³/mol. The molecule has 0 spiro atoms. The number of hydrogen-bond acceptors (Lipinski definition) is 8. The number of nitro benzene ring substituents is 1. The third-order valence-electron chi connectivity index (χ3n) is 3.98. The molecule has 0 fully saturated rings. The number of hydrazone groups is 1. The molecule has 0 saturated carbocycles. The molecule has 0 unspecified atom stereocenters. The van der Waals surface area contributed by atoms with Gasteiger partial charge in [-0.2, -0.15) is 15.1 Å². The first-order valence-corrected chi connectivity index (χ1v) is 8.71. The number of amides is 1. The summed E-state index contributed by atoms with van der Waals surface area (Å²) >= 11 is 1.15. The number of carbonyl (C=O) groups excluding carboxylic acids is 1. The minimum absolute atomic E-state index is 0.00790. The molecule has 2 aliphatic rings. The Bertz CT molecular complexity index is 1120. The van der Waals surface area contributed by atoms with Gasteiger partial charge in [0, 0.05) is 0 Å². The van der Waals surface area contributed by atoms with Gasteiger partial charge in [0.25, 0.3) is 11.6 Å². The van der Waals surface area contributed by atoms with Crippen molar-refractivity contribution in [1.82, 2.24) is 5.01 Å². The van der Waals surface area contributed by atoms with Crippen LogP contribution in [0.2, 0.25) is 0 Å². The topological polar surface area (TPSA) is 134 Å². The Morgan fingerprint density at radius 3 is 2.93 bits per heavy atom. The summed E-state index contributed by atoms with van der Waals surface area (Å²) in [6.07, 6.45) is 1.36. The number of fused-ring (bicyclic) bond motifs is 1. The SMILES string of the molecule is COc1ccc(-c2ccc(/C=C3/C(=N)N4N=CSC4=NC3=O)o2)c([N+](=O)[O-])c1. The van der Waals surface area contributed by atoms with Crippen molar-refractivity contribution < 1.29 is 18.9 Å². The Kier molecular flexibility index (Phi) is 4.28. The third kappa shape index (κ3) is 2.97. The molecule has 0 radical (unpaired) electrons. The number of methoxy groups -OCH3 is 1. The highest BCUT2D eigenvalue weighted by atomic mass is 32.2. The molecule has 1 N–H and O–H groups in total. The summed E-state index contributed by atoms with van der Waals surface area (Å²) < 4.78 is 10.7. The molecular formula is C17H11N5O5S. The minimum atomic E-state index is -0.581. The van der Waals surface area contributed by atoms with Gasteiger partial charge in [-0.25, -0.2) is 0 Å². The lowest BCUT2D eigenvalue weighted by Gasteiger charge is -2.19. The fraction of sp³-hybridized carbons (Fsp3) is 0.0588. The highest BCUT2D eigenvalue weighted by Gasteiger charge is 2.32. The van der Waals surface area contributed by atoms with Gasteiger partial charge in [-0.3, -0.25) is 20.3 Å². The third-order valence-corrected chi connectivity index (χ3v) is 4.65. The van der Waals surface area contributed by atoms with Gasteiger partial charge in [-0.05, 0) is 42.1 Å². The van der Waals surface area contributed by atoms with E-state index in [0.29, 0.717) is 10.9 Å². The minimum Gasteiger partial charge on any atom is -0.497 e. The molecular weight excluding hydrogens is 386 g/mol. The Hall–Kier alpha value is -3.73. The molecule has 28 heavy (non-hydrogen) atoms. The van der Waals surface area contributed by atoms with Crippen LogP contribution < -0.4 is 4.74 Å². The van der Waals surface area contributed by atoms with E-state index in [1.807, 2.05) is 0 Å². The molecule has 1 amide bonds. The van der Waals surface area contributed by atoms with E-state index in [4.69, 9.17) is 14.6 Å². The van der Waals surface area contributed by atoms with Crippen molar-refractivity contribution in [2.75, 3.05) is 7.11 Å². The van der Waals surface area contributed by atoms with Crippen LogP contribution in [-0.2, 0) is 4.79 Å². The van der Waals surface area contributed by atoms with E-state index in [2.05, 4.69) is 10.1 Å². The zero-order chi connectivity index (χ0) is 19.8. The van der Waals surface area contributed by atoms with E-state index in [-0.39, 0.29) is 34.2 Å². The maximum Gasteiger partial charge on any atom is 0.284 e. The van der Waals surface area contributed by atoms with Crippen LogP contribution in [0.3, 0.4) is 0 Å². The van der Waals surface area contributed by atoms with E-state index in [1.54, 1.807) is 18.2 Å². The van der Waals surface area contributed by atoms with Crippen LogP contribution in [-0.4, -0.2) is 39.5 Å². The van der Waals surface area contributed by atoms with Gasteiger partial charge in [-0.1, -0.05) is 0 Å². The Balaban J connectivity index is 1.70. The number of nitrogens with one attached hydrogen (secondary N) is 1. The monoisotopic (exact) mass is 397 g/mol. The Morgan fingerprint density at radius 2 is 2.18 bits per heavy atom. The van der Waals surface area contributed by atoms with Crippen molar-refractivity contribution in [3.8, 4) is 17.1 Å². The van der Waals surface area contributed by atoms with Gasteiger partial charge in [-0.15, -0.1) is 0 Å². The Morgan fingerprint density at radius 1 is 1.36 bits per heavy atom. The first kappa shape index (κ1) is 17.7. The van der Waals surface area contributed by atoms with E-state index >= 15 is 0 Å². The number of carbonyl (C=O) groups is 1. The first-order valence-electron chi connectivity index (χ1n) is 7.83. The predicted octanol–water partition coefficient (Wildman–Crippen LogP) is 3.11. The summed E-state index contributed by atoms with van der Waals surface area (Å²) in [5.74, 6) is 0.146. The molecule has 2 aliphatic heterocycles. The largest absolute Gasteiger partial charge is 0.497 e. The smallest absolute Gasteiger partial charge is 0.284 e. The second kappa shape index (κ2) is 6.78. The van der Waals surface area contributed by atoms with Crippen LogP contribution in [0.4, 0.5) is 5.69 Å². The quantitative estimate of drug-likeness (QED) is 0.476. The lowest BCUT2D eigenvalue weighted by atomic mass is 10.1. The van der Waals surface area contributed by atoms with Crippen LogP contribution in [0.1, 0.15) is 5.76 Å². The van der Waals surface area contributed by atoms with Crippen molar-refractivity contribution >= 4 is 46.0 Å². The zero-order valence-electron chi connectivity index (χ0n) is 14.3. The highest BCUT2D eigenvalue weighted by molar-refractivity contribution is 8.25. The summed E-state index contributed by atoms with van der Waals surface area (Å²) in [7, 11) is 1.42. The van der Waals surface area contributed by atoms with E-state index in [9.17, 15) is 14.9 Å². The fourth-order valence-electron chi connectivity index (χ4n) is 2.65. The second-order valence-corrected chi connectivity index (χ2v) is 6.41. The van der Waals surface area contributed by atoms with Crippen molar-refractivity contribution in [3.63, 3.8) is 0 Å². The van der Waals surface area contributed by atoms with Gasteiger partial charge >= 0.3 is 0 Å². The van der Waals surface area contributed by atoms with Crippen LogP contribution in [0.5, 0.6) is 5.75 Å². The van der Waals surface area contributed by atoms with Crippen LogP contribution >= 0.6 is 11.8 Å². The van der Waals surface area contributed by atoms with Crippen LogP contribution in [0, 0.1) is 15.5 Å². The van der Waals surface area contributed by atoms with Crippen molar-refractivity contribution in [2.45, 2.75) is 0 Å². The molecule has 4 rings (SSSR count). The van der Waals surface area contributed by atoms with Crippen molar-refractivity contribution in [2.24, 2.45) is 10.1 Å². The number of nitro groups is 1. The highest BCUT2D eigenvalue weighted by Crippen LogP contribution is 2.35. The number of benzene rings is 1. The standard InChI is InChI=1S/C17H11N5O5S/c1-26-9-2-4-11(13(7-9)22(24)25)14-5-3-10(27-14)6-12-15(18)21-17(20-16(12)23)28-8-19-21/h2-8,18H,1H3/b12-6-,18-15?. The number of furan rings is 1. The summed E-state index contributed by atoms with van der Waals surface area (Å²) in [4.78, 5) is 26.9. The first-order chi connectivity index (χ1) is 13.5. The summed E-state index contributed by atoms with van der Waals surface area (Å²) in [6.45, 7) is 0. The second-order valence-electron chi connectivity index (χ2n) is 5.60. The molecule has 2 aromatic rings. The normalized spacial score (nSPS) is 17.1. The maximum atomic E-state index is 12.2. The molecule has 140 valence electrons. The van der Waals surface area contributed by atoms with Gasteiger partial charge in [0.15, 0.2) is 11.0 Å². The van der Waals surface area contributed by atoms with Crippen molar-refractivity contribution in [1.29, 1.82) is 5.41 Å². The van der Waals surface area contributed by atoms with E-state index in [0.717, 1.165) is 11.8 Å². The molecule has 11 heteroatoms. The van der Waals surface area contributed by atoms with Crippen LogP contribution in [0.25, 0.3) is 17.4 Å². The lowest BCUT2D eigenvalue weighted by Crippen LogP contribution is -2.35. The number of nitrogens with zero attached hydrogens (tertiary/aromatic N) is 4. The molecule has 3 heterocycles. The summed E-state index contributed by atoms with van der Waals surface area (Å²) in [5.41, 5.74) is 1.58. The molecule has 1 aromatic carbocycles. The van der Waals surface area contributed by atoms with E-state index in [1.165, 1.54) is 35.9 Å². The summed E-state index contributed by atoms with van der Waals surface area (Å²) in [5, 5.41) is 25.0. The van der Waals surface area contributed by atoms with E-state index < -0.39 is 10.8 Å². The average Bonchev–Trinajstić information content (AvgIpc) is 3.34. The maximum absolute atomic E-state index is 12.2. The number of rotatable bonds is 4. The van der Waals surface area contributed by atoms with Gasteiger partial charge in [0.1, 0.15) is 17.3 Å². The number of aliphatic imine (C=N–C) groups is 1. The zero-order valence-corrected chi connectivity index (χ0v) is 15.1. The number of ether oxygens (including phenoxy) is 1. The molecule has 10 nitrogen and oxygen atoms in total. The molecule has 1 aromatic heterocycles. The molecule has 0 saturated heterocycles. The average molecular weight is 397 g/mol. The number of hydrogen-bond donors (Lipinski definition) is 1. The van der Waals surface area contributed by atoms with Gasteiger partial charge in [0.2, 0.25) is 0 Å². The molecule has 0 atom stereocenters. The molecule has 0 aliphatic carbocycles. The number of amidine groups is 2. The Labute approximate surface area is 161 Å². The van der Waals surface area contributed by atoms with Crippen LogP contribution in [0.15, 0.2) is 50.4 Å². The fourth-order valence-corrected chi connectivity index (χ4v) is 3.26. The number of thioether (sulfide) groups is 1. The lowest BCUT2D eigenvalue weighted by molar-refractivity contribution is -0.384. The molecule has 0 bridgehead atoms.